The van der Waals surface area contributed by atoms with E-state index in [2.05, 4.69) is 25.8 Å². The summed E-state index contributed by atoms with van der Waals surface area (Å²) in [5, 5.41) is 1.49. The van der Waals surface area contributed by atoms with Crippen LogP contribution in [0.2, 0.25) is 0 Å². The molecule has 0 radical (unpaired) electrons. The average molecular weight is 401 g/mol. The number of benzene rings is 1. The summed E-state index contributed by atoms with van der Waals surface area (Å²) < 4.78 is 7.57. The molecule has 2 aliphatic rings. The van der Waals surface area contributed by atoms with Crippen molar-refractivity contribution in [3.63, 3.8) is 0 Å². The minimum absolute atomic E-state index is 0.324. The van der Waals surface area contributed by atoms with E-state index in [1.54, 1.807) is 6.20 Å². The Labute approximate surface area is 173 Å². The Morgan fingerprint density at radius 1 is 1.13 bits per heavy atom. The van der Waals surface area contributed by atoms with Crippen molar-refractivity contribution in [3.8, 4) is 11.5 Å². The van der Waals surface area contributed by atoms with Crippen LogP contribution in [-0.2, 0) is 0 Å². The number of hydrogen-bond acceptors (Lipinski definition) is 6. The maximum atomic E-state index is 12.8. The van der Waals surface area contributed by atoms with Crippen LogP contribution in [0.1, 0.15) is 18.5 Å². The SMILES string of the molecule is Cc1cn2cc(-c3cc4ccc(N5CCN6CCCC6C5)cc4c(=O)o3)nc2cn1. The Morgan fingerprint density at radius 3 is 3.00 bits per heavy atom. The van der Waals surface area contributed by atoms with Gasteiger partial charge in [0, 0.05) is 43.8 Å². The van der Waals surface area contributed by atoms with Crippen LogP contribution in [-0.4, -0.2) is 51.5 Å². The van der Waals surface area contributed by atoms with Crippen molar-refractivity contribution in [2.75, 3.05) is 31.1 Å². The minimum Gasteiger partial charge on any atom is -0.421 e. The van der Waals surface area contributed by atoms with Crippen LogP contribution in [0.15, 0.2) is 52.1 Å². The smallest absolute Gasteiger partial charge is 0.344 e. The van der Waals surface area contributed by atoms with Crippen LogP contribution in [0.3, 0.4) is 0 Å². The normalized spacial score (nSPS) is 19.6. The van der Waals surface area contributed by atoms with Crippen molar-refractivity contribution < 1.29 is 4.42 Å². The molecule has 0 aliphatic carbocycles. The Morgan fingerprint density at radius 2 is 2.07 bits per heavy atom. The van der Waals surface area contributed by atoms with E-state index in [9.17, 15) is 4.79 Å². The van der Waals surface area contributed by atoms with E-state index in [1.807, 2.05) is 41.9 Å². The maximum absolute atomic E-state index is 12.8. The lowest BCUT2D eigenvalue weighted by molar-refractivity contribution is 0.231. The van der Waals surface area contributed by atoms with E-state index in [1.165, 1.54) is 19.4 Å². The second-order valence-corrected chi connectivity index (χ2v) is 8.37. The van der Waals surface area contributed by atoms with Crippen molar-refractivity contribution in [2.45, 2.75) is 25.8 Å². The molecule has 0 spiro atoms. The van der Waals surface area contributed by atoms with Gasteiger partial charge in [-0.1, -0.05) is 6.07 Å². The molecule has 6 rings (SSSR count). The van der Waals surface area contributed by atoms with Crippen molar-refractivity contribution >= 4 is 22.1 Å². The summed E-state index contributed by atoms with van der Waals surface area (Å²) >= 11 is 0. The highest BCUT2D eigenvalue weighted by atomic mass is 16.4. The molecule has 2 fully saturated rings. The molecule has 3 aromatic heterocycles. The second kappa shape index (κ2) is 6.67. The highest BCUT2D eigenvalue weighted by molar-refractivity contribution is 5.87. The standard InChI is InChI=1S/C23H23N5O2/c1-15-12-28-14-20(25-22(28)11-24-15)21-9-16-4-5-17(10-19(16)23(29)30-21)27-8-7-26-6-2-3-18(26)13-27/h4-5,9-12,14,18H,2-3,6-8,13H2,1H3. The number of hydrogen-bond donors (Lipinski definition) is 0. The quantitative estimate of drug-likeness (QED) is 0.514. The molecule has 1 aromatic carbocycles. The fraction of sp³-hybridized carbons (Fsp3) is 0.348. The molecule has 0 bridgehead atoms. The first-order valence-corrected chi connectivity index (χ1v) is 10.5. The molecule has 5 heterocycles. The summed E-state index contributed by atoms with van der Waals surface area (Å²) in [5.74, 6) is 0.473. The van der Waals surface area contributed by atoms with Gasteiger partial charge in [-0.05, 0) is 49.9 Å². The first kappa shape index (κ1) is 17.7. The number of rotatable bonds is 2. The number of anilines is 1. The Kier molecular flexibility index (Phi) is 3.92. The average Bonchev–Trinajstić information content (AvgIpc) is 3.39. The van der Waals surface area contributed by atoms with Crippen molar-refractivity contribution in [1.29, 1.82) is 0 Å². The number of aromatic nitrogens is 3. The van der Waals surface area contributed by atoms with Crippen molar-refractivity contribution in [3.05, 3.63) is 59.0 Å². The summed E-state index contributed by atoms with van der Waals surface area (Å²) in [7, 11) is 0. The summed E-state index contributed by atoms with van der Waals surface area (Å²) in [4.78, 5) is 26.6. The van der Waals surface area contributed by atoms with E-state index < -0.39 is 0 Å². The molecule has 0 N–H and O–H groups in total. The topological polar surface area (TPSA) is 66.9 Å². The van der Waals surface area contributed by atoms with Crippen LogP contribution in [0.25, 0.3) is 27.9 Å². The lowest BCUT2D eigenvalue weighted by Crippen LogP contribution is -2.50. The predicted molar refractivity (Wildman–Crippen MR) is 116 cm³/mol. The number of aryl methyl sites for hydroxylation is 1. The molecular weight excluding hydrogens is 378 g/mol. The number of nitrogens with zero attached hydrogens (tertiary/aromatic N) is 5. The Balaban J connectivity index is 1.36. The molecule has 4 aromatic rings. The van der Waals surface area contributed by atoms with E-state index in [0.29, 0.717) is 22.9 Å². The molecule has 7 heteroatoms. The van der Waals surface area contributed by atoms with Gasteiger partial charge in [0.2, 0.25) is 0 Å². The third-order valence-electron chi connectivity index (χ3n) is 6.42. The van der Waals surface area contributed by atoms with Gasteiger partial charge in [-0.15, -0.1) is 0 Å². The zero-order chi connectivity index (χ0) is 20.2. The molecule has 30 heavy (non-hydrogen) atoms. The van der Waals surface area contributed by atoms with E-state index >= 15 is 0 Å². The number of imidazole rings is 1. The number of fused-ring (bicyclic) bond motifs is 3. The monoisotopic (exact) mass is 401 g/mol. The highest BCUT2D eigenvalue weighted by Gasteiger charge is 2.30. The van der Waals surface area contributed by atoms with Crippen LogP contribution in [0.5, 0.6) is 0 Å². The molecule has 1 atom stereocenters. The predicted octanol–water partition coefficient (Wildman–Crippen LogP) is 3.10. The second-order valence-electron chi connectivity index (χ2n) is 8.37. The molecule has 7 nitrogen and oxygen atoms in total. The maximum Gasteiger partial charge on any atom is 0.344 e. The third kappa shape index (κ3) is 2.89. The van der Waals surface area contributed by atoms with Gasteiger partial charge in [-0.25, -0.2) is 9.78 Å². The van der Waals surface area contributed by atoms with Gasteiger partial charge in [0.1, 0.15) is 5.69 Å². The van der Waals surface area contributed by atoms with Gasteiger partial charge in [0.25, 0.3) is 0 Å². The van der Waals surface area contributed by atoms with Gasteiger partial charge in [-0.3, -0.25) is 9.88 Å². The van der Waals surface area contributed by atoms with E-state index in [4.69, 9.17) is 4.42 Å². The molecule has 152 valence electrons. The lowest BCUT2D eigenvalue weighted by Gasteiger charge is -2.38. The third-order valence-corrected chi connectivity index (χ3v) is 6.42. The minimum atomic E-state index is -0.324. The van der Waals surface area contributed by atoms with Gasteiger partial charge in [-0.2, -0.15) is 0 Å². The summed E-state index contributed by atoms with van der Waals surface area (Å²) in [6, 6.07) is 8.66. The zero-order valence-corrected chi connectivity index (χ0v) is 16.9. The summed E-state index contributed by atoms with van der Waals surface area (Å²) in [6.45, 7) is 6.28. The van der Waals surface area contributed by atoms with Crippen LogP contribution in [0.4, 0.5) is 5.69 Å². The molecule has 0 amide bonds. The largest absolute Gasteiger partial charge is 0.421 e. The summed E-state index contributed by atoms with van der Waals surface area (Å²) in [5.41, 5.74) is 3.03. The lowest BCUT2D eigenvalue weighted by atomic mass is 10.1. The molecule has 2 saturated heterocycles. The van der Waals surface area contributed by atoms with Crippen LogP contribution in [0, 0.1) is 6.92 Å². The van der Waals surface area contributed by atoms with Crippen LogP contribution >= 0.6 is 0 Å². The van der Waals surface area contributed by atoms with Gasteiger partial charge in [0.05, 0.1) is 17.3 Å². The fourth-order valence-electron chi connectivity index (χ4n) is 4.84. The van der Waals surface area contributed by atoms with Gasteiger partial charge >= 0.3 is 5.63 Å². The Hall–Kier alpha value is -3.19. The van der Waals surface area contributed by atoms with Gasteiger partial charge in [0.15, 0.2) is 11.4 Å². The highest BCUT2D eigenvalue weighted by Crippen LogP contribution is 2.28. The zero-order valence-electron chi connectivity index (χ0n) is 16.9. The summed E-state index contributed by atoms with van der Waals surface area (Å²) in [6.07, 6.45) is 8.05. The van der Waals surface area contributed by atoms with Crippen LogP contribution < -0.4 is 10.5 Å². The van der Waals surface area contributed by atoms with Gasteiger partial charge < -0.3 is 13.7 Å². The van der Waals surface area contributed by atoms with Crippen molar-refractivity contribution in [1.82, 2.24) is 19.3 Å². The van der Waals surface area contributed by atoms with E-state index in [-0.39, 0.29) is 5.63 Å². The Bertz CT molecular complexity index is 1320. The fourth-order valence-corrected chi connectivity index (χ4v) is 4.84. The van der Waals surface area contributed by atoms with Crippen molar-refractivity contribution in [2.24, 2.45) is 0 Å². The molecule has 0 saturated carbocycles. The molecule has 1 unspecified atom stereocenters. The first-order chi connectivity index (χ1) is 14.6. The van der Waals surface area contributed by atoms with E-state index in [0.717, 1.165) is 42.0 Å². The first-order valence-electron chi connectivity index (χ1n) is 10.5. The molecular formula is C23H23N5O2. The number of piperazine rings is 1. The molecule has 2 aliphatic heterocycles.